The van der Waals surface area contributed by atoms with E-state index in [-0.39, 0.29) is 0 Å². The van der Waals surface area contributed by atoms with Crippen LogP contribution in [0.2, 0.25) is 0 Å². The number of carboxylic acid groups (broad SMARTS) is 2. The van der Waals surface area contributed by atoms with Gasteiger partial charge in [0.2, 0.25) is 11.8 Å². The molecule has 2 amide bonds. The summed E-state index contributed by atoms with van der Waals surface area (Å²) >= 11 is 0. The van der Waals surface area contributed by atoms with Crippen LogP contribution in [0.4, 0.5) is 0 Å². The Morgan fingerprint density at radius 2 is 1.00 bits per heavy atom. The Bertz CT molecular complexity index is 382. The van der Waals surface area contributed by atoms with Crippen LogP contribution in [0.1, 0.15) is 0 Å². The monoisotopic (exact) mass is 326 g/mol. The molecule has 0 heterocycles. The van der Waals surface area contributed by atoms with Gasteiger partial charge in [0.1, 0.15) is 22.6 Å². The van der Waals surface area contributed by atoms with Crippen LogP contribution in [0.25, 0.3) is 0 Å². The van der Waals surface area contributed by atoms with Crippen LogP contribution in [0.5, 0.6) is 0 Å². The molecule has 0 aromatic carbocycles. The molecule has 0 aromatic heterocycles. The van der Waals surface area contributed by atoms with Gasteiger partial charge in [-0.2, -0.15) is 0 Å². The maximum Gasteiger partial charge on any atom is 0.322 e. The fourth-order valence-electron chi connectivity index (χ4n) is 0.947. The molecule has 0 spiro atoms. The van der Waals surface area contributed by atoms with Crippen molar-refractivity contribution in [3.8, 4) is 0 Å². The van der Waals surface area contributed by atoms with E-state index < -0.39 is 46.3 Å². The molecule has 0 rings (SSSR count). The van der Waals surface area contributed by atoms with Crippen LogP contribution >= 0.6 is 21.6 Å². The molecule has 10 N–H and O–H groups in total. The number of rotatable bonds is 9. The average molecular weight is 326 g/mol. The predicted molar refractivity (Wildman–Crippen MR) is 72.4 cm³/mol. The van der Waals surface area contributed by atoms with E-state index in [2.05, 4.69) is 0 Å². The lowest BCUT2D eigenvalue weighted by molar-refractivity contribution is -0.140. The molecule has 20 heavy (non-hydrogen) atoms. The van der Waals surface area contributed by atoms with Gasteiger partial charge in [-0.1, -0.05) is 21.6 Å². The van der Waals surface area contributed by atoms with Crippen LogP contribution in [0.3, 0.4) is 0 Å². The number of carboxylic acids is 2. The van der Waals surface area contributed by atoms with Gasteiger partial charge >= 0.3 is 11.9 Å². The van der Waals surface area contributed by atoms with Crippen LogP contribution in [0.15, 0.2) is 0 Å². The summed E-state index contributed by atoms with van der Waals surface area (Å²) in [6.07, 6.45) is 0. The summed E-state index contributed by atoms with van der Waals surface area (Å²) < 4.78 is 0. The second-order valence-corrected chi connectivity index (χ2v) is 6.12. The zero-order valence-corrected chi connectivity index (χ0v) is 11.6. The maximum absolute atomic E-state index is 11.1. The molecular formula is C8H14N4O6S2. The Balaban J connectivity index is 4.89. The Labute approximate surface area is 121 Å². The molecule has 10 nitrogen and oxygen atoms in total. The van der Waals surface area contributed by atoms with Gasteiger partial charge in [-0.05, 0) is 0 Å². The summed E-state index contributed by atoms with van der Waals surface area (Å²) in [6.45, 7) is 0. The van der Waals surface area contributed by atoms with Crippen molar-refractivity contribution >= 4 is 45.3 Å². The molecule has 0 aromatic rings. The lowest BCUT2D eigenvalue weighted by Gasteiger charge is -2.20. The van der Waals surface area contributed by atoms with Crippen LogP contribution < -0.4 is 22.9 Å². The molecule has 0 aliphatic heterocycles. The highest BCUT2D eigenvalue weighted by molar-refractivity contribution is 8.77. The summed E-state index contributed by atoms with van der Waals surface area (Å²) in [5.74, 6) is -4.99. The third kappa shape index (κ3) is 5.24. The fourth-order valence-corrected chi connectivity index (χ4v) is 3.85. The van der Waals surface area contributed by atoms with Gasteiger partial charge in [-0.15, -0.1) is 0 Å². The van der Waals surface area contributed by atoms with Crippen molar-refractivity contribution in [2.45, 2.75) is 22.6 Å². The normalized spacial score (nSPS) is 16.7. The molecule has 2 unspecified atom stereocenters. The van der Waals surface area contributed by atoms with Crippen molar-refractivity contribution in [2.75, 3.05) is 0 Å². The number of aliphatic carboxylic acids is 2. The van der Waals surface area contributed by atoms with E-state index in [1.165, 1.54) is 0 Å². The molecule has 12 heteroatoms. The van der Waals surface area contributed by atoms with Crippen molar-refractivity contribution in [1.82, 2.24) is 0 Å². The third-order valence-corrected chi connectivity index (χ3v) is 5.20. The number of nitrogens with two attached hydrogens (primary N) is 4. The number of amides is 2. The Hall–Kier alpha value is -1.50. The van der Waals surface area contributed by atoms with Crippen molar-refractivity contribution in [1.29, 1.82) is 0 Å². The van der Waals surface area contributed by atoms with Crippen LogP contribution in [0, 0.1) is 0 Å². The third-order valence-electron chi connectivity index (χ3n) is 2.05. The van der Waals surface area contributed by atoms with E-state index in [9.17, 15) is 19.2 Å². The first-order chi connectivity index (χ1) is 9.09. The number of hydrogen-bond acceptors (Lipinski definition) is 8. The highest BCUT2D eigenvalue weighted by atomic mass is 33.1. The Morgan fingerprint density at radius 1 is 0.750 bits per heavy atom. The quantitative estimate of drug-likeness (QED) is 0.235. The standard InChI is InChI=1S/C8H14N4O6S2/c9-1(7(15)16)3(5(11)13)19-20-4(6(12)14)2(10)8(17)18/h1-4H,9-10H2,(H2,11,13)(H2,12,14)(H,15,16)(H,17,18)/t1-,2-,3?,4?/m0/s1. The van der Waals surface area contributed by atoms with Crippen molar-refractivity contribution in [2.24, 2.45) is 22.9 Å². The lowest BCUT2D eigenvalue weighted by Crippen LogP contribution is -2.49. The second kappa shape index (κ2) is 7.94. The first-order valence-corrected chi connectivity index (χ1v) is 7.24. The average Bonchev–Trinajstić information content (AvgIpc) is 2.31. The second-order valence-electron chi connectivity index (χ2n) is 3.57. The van der Waals surface area contributed by atoms with Crippen molar-refractivity contribution < 1.29 is 29.4 Å². The first-order valence-electron chi connectivity index (χ1n) is 4.97. The molecule has 0 aliphatic carbocycles. The highest BCUT2D eigenvalue weighted by Gasteiger charge is 2.35. The van der Waals surface area contributed by atoms with Gasteiger partial charge in [0.25, 0.3) is 0 Å². The molecule has 0 saturated carbocycles. The minimum Gasteiger partial charge on any atom is -0.480 e. The smallest absolute Gasteiger partial charge is 0.322 e. The highest BCUT2D eigenvalue weighted by Crippen LogP contribution is 2.33. The summed E-state index contributed by atoms with van der Waals surface area (Å²) in [5, 5.41) is 14.7. The van der Waals surface area contributed by atoms with E-state index in [1.807, 2.05) is 0 Å². The number of carbonyl (C=O) groups is 4. The van der Waals surface area contributed by atoms with E-state index in [0.29, 0.717) is 21.6 Å². The SMILES string of the molecule is NC(=O)C(SSC(C(N)=O)[C@H](N)C(=O)O)[C@H](N)C(=O)O. The zero-order valence-electron chi connectivity index (χ0n) is 9.96. The number of hydrogen-bond donors (Lipinski definition) is 6. The van der Waals surface area contributed by atoms with Crippen molar-refractivity contribution in [3.63, 3.8) is 0 Å². The Morgan fingerprint density at radius 3 is 1.15 bits per heavy atom. The van der Waals surface area contributed by atoms with Gasteiger partial charge in [0.05, 0.1) is 0 Å². The lowest BCUT2D eigenvalue weighted by atomic mass is 10.2. The number of carbonyl (C=O) groups excluding carboxylic acids is 2. The molecule has 0 fully saturated rings. The molecule has 4 atom stereocenters. The Kier molecular flexibility index (Phi) is 7.34. The molecule has 0 saturated heterocycles. The van der Waals surface area contributed by atoms with E-state index >= 15 is 0 Å². The molecule has 114 valence electrons. The molecular weight excluding hydrogens is 312 g/mol. The predicted octanol–water partition coefficient (Wildman–Crippen LogP) is -3.10. The van der Waals surface area contributed by atoms with Crippen molar-refractivity contribution in [3.05, 3.63) is 0 Å². The minimum absolute atomic E-state index is 0.540. The molecule has 0 bridgehead atoms. The summed E-state index contributed by atoms with van der Waals surface area (Å²) in [5.41, 5.74) is 20.5. The zero-order chi connectivity index (χ0) is 16.0. The molecule has 0 aliphatic rings. The van der Waals surface area contributed by atoms with Crippen LogP contribution in [-0.4, -0.2) is 56.5 Å². The van der Waals surface area contributed by atoms with Crippen LogP contribution in [-0.2, 0) is 19.2 Å². The topological polar surface area (TPSA) is 213 Å². The largest absolute Gasteiger partial charge is 0.480 e. The molecule has 0 radical (unpaired) electrons. The van der Waals surface area contributed by atoms with Gasteiger partial charge in [-0.3, -0.25) is 19.2 Å². The van der Waals surface area contributed by atoms with E-state index in [4.69, 9.17) is 33.1 Å². The first kappa shape index (κ1) is 18.5. The summed E-state index contributed by atoms with van der Waals surface area (Å²) in [7, 11) is 1.08. The van der Waals surface area contributed by atoms with E-state index in [1.54, 1.807) is 0 Å². The van der Waals surface area contributed by atoms with E-state index in [0.717, 1.165) is 0 Å². The van der Waals surface area contributed by atoms with Gasteiger partial charge in [-0.25, -0.2) is 0 Å². The maximum atomic E-state index is 11.1. The van der Waals surface area contributed by atoms with Gasteiger partial charge in [0, 0.05) is 0 Å². The summed E-state index contributed by atoms with van der Waals surface area (Å²) in [4.78, 5) is 43.6. The van der Waals surface area contributed by atoms with Gasteiger partial charge < -0.3 is 33.1 Å². The summed E-state index contributed by atoms with van der Waals surface area (Å²) in [6, 6.07) is -3.22. The number of primary amides is 2. The fraction of sp³-hybridized carbons (Fsp3) is 0.500. The van der Waals surface area contributed by atoms with Gasteiger partial charge in [0.15, 0.2) is 0 Å². The minimum atomic E-state index is -1.61.